The third-order valence-corrected chi connectivity index (χ3v) is 5.37. The molecule has 0 aliphatic carbocycles. The monoisotopic (exact) mass is 343 g/mol. The number of carbonyl (C=O) groups excluding carboxylic acids is 2. The average Bonchev–Trinajstić information content (AvgIpc) is 2.87. The van der Waals surface area contributed by atoms with Gasteiger partial charge in [0.05, 0.1) is 5.92 Å². The second-order valence-electron chi connectivity index (χ2n) is 7.24. The standard InChI is InChI=1S/C20H29N3O2/c1-17(24)23-11-5-9-19(16-23)20(25)22-12-6-10-21(13-14-22)15-18-7-3-2-4-8-18/h2-4,7-8,19H,5-6,9-16H2,1H3/t19-/m0/s1. The number of hydrogen-bond acceptors (Lipinski definition) is 3. The molecule has 1 aromatic rings. The summed E-state index contributed by atoms with van der Waals surface area (Å²) in [6, 6.07) is 10.5. The first kappa shape index (κ1) is 17.9. The first-order valence-corrected chi connectivity index (χ1v) is 9.44. The Morgan fingerprint density at radius 3 is 2.48 bits per heavy atom. The Labute approximate surface area is 150 Å². The van der Waals surface area contributed by atoms with Crippen molar-refractivity contribution in [3.8, 4) is 0 Å². The van der Waals surface area contributed by atoms with E-state index in [0.29, 0.717) is 6.54 Å². The molecule has 2 aliphatic rings. The van der Waals surface area contributed by atoms with Crippen molar-refractivity contribution in [3.63, 3.8) is 0 Å². The third-order valence-electron chi connectivity index (χ3n) is 5.37. The van der Waals surface area contributed by atoms with Gasteiger partial charge in [0.15, 0.2) is 0 Å². The van der Waals surface area contributed by atoms with Gasteiger partial charge in [-0.2, -0.15) is 0 Å². The van der Waals surface area contributed by atoms with Crippen LogP contribution in [0, 0.1) is 5.92 Å². The second kappa shape index (κ2) is 8.48. The minimum atomic E-state index is -0.0154. The van der Waals surface area contributed by atoms with Crippen LogP contribution in [0.5, 0.6) is 0 Å². The molecule has 2 saturated heterocycles. The van der Waals surface area contributed by atoms with Gasteiger partial charge in [0.25, 0.3) is 0 Å². The van der Waals surface area contributed by atoms with Gasteiger partial charge in [-0.05, 0) is 24.8 Å². The summed E-state index contributed by atoms with van der Waals surface area (Å²) in [5.41, 5.74) is 1.33. The van der Waals surface area contributed by atoms with Crippen molar-refractivity contribution in [1.82, 2.24) is 14.7 Å². The SMILES string of the molecule is CC(=O)N1CCC[C@H](C(=O)N2CCCN(Cc3ccccc3)CC2)C1. The molecule has 1 atom stereocenters. The molecule has 0 bridgehead atoms. The van der Waals surface area contributed by atoms with Gasteiger partial charge in [0, 0.05) is 52.7 Å². The van der Waals surface area contributed by atoms with E-state index >= 15 is 0 Å². The summed E-state index contributed by atoms with van der Waals surface area (Å²) in [7, 11) is 0. The van der Waals surface area contributed by atoms with E-state index in [1.165, 1.54) is 5.56 Å². The summed E-state index contributed by atoms with van der Waals surface area (Å²) in [6.45, 7) is 7.52. The van der Waals surface area contributed by atoms with Crippen molar-refractivity contribution in [2.45, 2.75) is 32.7 Å². The summed E-state index contributed by atoms with van der Waals surface area (Å²) in [4.78, 5) is 30.8. The summed E-state index contributed by atoms with van der Waals surface area (Å²) >= 11 is 0. The first-order chi connectivity index (χ1) is 12.1. The number of likely N-dealkylation sites (tertiary alicyclic amines) is 1. The Bertz CT molecular complexity index is 590. The van der Waals surface area contributed by atoms with Crippen molar-refractivity contribution in [2.75, 3.05) is 39.3 Å². The maximum atomic E-state index is 12.9. The predicted octanol–water partition coefficient (Wildman–Crippen LogP) is 1.98. The van der Waals surface area contributed by atoms with Gasteiger partial charge in [-0.3, -0.25) is 14.5 Å². The molecule has 2 aliphatic heterocycles. The molecule has 0 N–H and O–H groups in total. The van der Waals surface area contributed by atoms with Crippen LogP contribution in [0.4, 0.5) is 0 Å². The Hall–Kier alpha value is -1.88. The van der Waals surface area contributed by atoms with Gasteiger partial charge in [-0.1, -0.05) is 30.3 Å². The molecule has 5 heteroatoms. The van der Waals surface area contributed by atoms with Crippen molar-refractivity contribution >= 4 is 11.8 Å². The molecule has 3 rings (SSSR count). The Balaban J connectivity index is 1.53. The fourth-order valence-corrected chi connectivity index (χ4v) is 3.91. The van der Waals surface area contributed by atoms with Crippen LogP contribution in [-0.2, 0) is 16.1 Å². The molecule has 5 nitrogen and oxygen atoms in total. The molecule has 2 heterocycles. The van der Waals surface area contributed by atoms with E-state index in [0.717, 1.165) is 58.5 Å². The second-order valence-corrected chi connectivity index (χ2v) is 7.24. The highest BCUT2D eigenvalue weighted by atomic mass is 16.2. The Kier molecular flexibility index (Phi) is 6.08. The molecule has 0 aromatic heterocycles. The fraction of sp³-hybridized carbons (Fsp3) is 0.600. The van der Waals surface area contributed by atoms with Gasteiger partial charge in [0.1, 0.15) is 0 Å². The molecule has 0 spiro atoms. The zero-order valence-electron chi connectivity index (χ0n) is 15.2. The normalized spacial score (nSPS) is 22.5. The summed E-state index contributed by atoms with van der Waals surface area (Å²) in [5.74, 6) is 0.313. The van der Waals surface area contributed by atoms with E-state index in [2.05, 4.69) is 29.2 Å². The highest BCUT2D eigenvalue weighted by molar-refractivity contribution is 5.80. The smallest absolute Gasteiger partial charge is 0.227 e. The zero-order chi connectivity index (χ0) is 17.6. The summed E-state index contributed by atoms with van der Waals surface area (Å²) in [6.07, 6.45) is 2.86. The van der Waals surface area contributed by atoms with Crippen molar-refractivity contribution in [3.05, 3.63) is 35.9 Å². The van der Waals surface area contributed by atoms with Crippen LogP contribution >= 0.6 is 0 Å². The van der Waals surface area contributed by atoms with Crippen LogP contribution in [0.3, 0.4) is 0 Å². The highest BCUT2D eigenvalue weighted by Crippen LogP contribution is 2.20. The molecule has 0 saturated carbocycles. The van der Waals surface area contributed by atoms with Crippen LogP contribution in [0.2, 0.25) is 0 Å². The topological polar surface area (TPSA) is 43.9 Å². The molecule has 25 heavy (non-hydrogen) atoms. The lowest BCUT2D eigenvalue weighted by atomic mass is 9.96. The van der Waals surface area contributed by atoms with Gasteiger partial charge in [-0.15, -0.1) is 0 Å². The van der Waals surface area contributed by atoms with Gasteiger partial charge in [-0.25, -0.2) is 0 Å². The largest absolute Gasteiger partial charge is 0.342 e. The van der Waals surface area contributed by atoms with Crippen LogP contribution in [-0.4, -0.2) is 65.8 Å². The minimum absolute atomic E-state index is 0.0154. The van der Waals surface area contributed by atoms with Crippen molar-refractivity contribution in [1.29, 1.82) is 0 Å². The van der Waals surface area contributed by atoms with Crippen molar-refractivity contribution in [2.24, 2.45) is 5.92 Å². The molecule has 2 amide bonds. The molecule has 136 valence electrons. The number of amides is 2. The summed E-state index contributed by atoms with van der Waals surface area (Å²) < 4.78 is 0. The van der Waals surface area contributed by atoms with Gasteiger partial charge >= 0.3 is 0 Å². The van der Waals surface area contributed by atoms with Crippen LogP contribution in [0.1, 0.15) is 31.7 Å². The fourth-order valence-electron chi connectivity index (χ4n) is 3.91. The highest BCUT2D eigenvalue weighted by Gasteiger charge is 2.31. The quantitative estimate of drug-likeness (QED) is 0.843. The van der Waals surface area contributed by atoms with E-state index in [4.69, 9.17) is 0 Å². The minimum Gasteiger partial charge on any atom is -0.342 e. The number of piperidine rings is 1. The van der Waals surface area contributed by atoms with E-state index in [1.807, 2.05) is 15.9 Å². The summed E-state index contributed by atoms with van der Waals surface area (Å²) in [5, 5.41) is 0. The van der Waals surface area contributed by atoms with Crippen LogP contribution in [0.15, 0.2) is 30.3 Å². The van der Waals surface area contributed by atoms with Gasteiger partial charge in [0.2, 0.25) is 11.8 Å². The number of rotatable bonds is 3. The Morgan fingerprint density at radius 2 is 1.72 bits per heavy atom. The number of carbonyl (C=O) groups is 2. The molecule has 2 fully saturated rings. The third kappa shape index (κ3) is 4.82. The lowest BCUT2D eigenvalue weighted by Crippen LogP contribution is -2.47. The van der Waals surface area contributed by atoms with E-state index in [9.17, 15) is 9.59 Å². The number of hydrogen-bond donors (Lipinski definition) is 0. The van der Waals surface area contributed by atoms with E-state index < -0.39 is 0 Å². The zero-order valence-corrected chi connectivity index (χ0v) is 15.2. The molecule has 0 radical (unpaired) electrons. The maximum Gasteiger partial charge on any atom is 0.227 e. The molecular weight excluding hydrogens is 314 g/mol. The first-order valence-electron chi connectivity index (χ1n) is 9.44. The lowest BCUT2D eigenvalue weighted by Gasteiger charge is -2.34. The molecule has 1 aromatic carbocycles. The molecule has 0 unspecified atom stereocenters. The van der Waals surface area contributed by atoms with E-state index in [-0.39, 0.29) is 17.7 Å². The van der Waals surface area contributed by atoms with E-state index in [1.54, 1.807) is 6.92 Å². The average molecular weight is 343 g/mol. The maximum absolute atomic E-state index is 12.9. The van der Waals surface area contributed by atoms with Crippen LogP contribution < -0.4 is 0 Å². The molecular formula is C20H29N3O2. The van der Waals surface area contributed by atoms with Crippen molar-refractivity contribution < 1.29 is 9.59 Å². The van der Waals surface area contributed by atoms with Crippen LogP contribution in [0.25, 0.3) is 0 Å². The Morgan fingerprint density at radius 1 is 0.960 bits per heavy atom. The predicted molar refractivity (Wildman–Crippen MR) is 97.9 cm³/mol. The lowest BCUT2D eigenvalue weighted by molar-refractivity contribution is -0.140. The van der Waals surface area contributed by atoms with Gasteiger partial charge < -0.3 is 9.80 Å². The number of nitrogens with zero attached hydrogens (tertiary/aromatic N) is 3. The number of benzene rings is 1.